The number of amides is 1. The van der Waals surface area contributed by atoms with Crippen molar-refractivity contribution in [3.63, 3.8) is 0 Å². The molecule has 0 aliphatic carbocycles. The number of benzene rings is 2. The molecule has 0 aromatic heterocycles. The van der Waals surface area contributed by atoms with Crippen LogP contribution in [0.4, 0.5) is 18.9 Å². The molecule has 2 aromatic carbocycles. The number of rotatable bonds is 3. The fraction of sp³-hybridized carbons (Fsp3) is 0.176. The third-order valence-corrected chi connectivity index (χ3v) is 4.07. The molecule has 27 heavy (non-hydrogen) atoms. The third-order valence-electron chi connectivity index (χ3n) is 4.07. The largest absolute Gasteiger partial charge is 0.438 e. The first-order valence-corrected chi connectivity index (χ1v) is 7.65. The number of nitro groups is 1. The second-order valence-electron chi connectivity index (χ2n) is 5.80. The number of para-hydroxylation sites is 1. The second-order valence-corrected chi connectivity index (χ2v) is 5.80. The van der Waals surface area contributed by atoms with Crippen LogP contribution >= 0.6 is 0 Å². The fourth-order valence-electron chi connectivity index (χ4n) is 2.70. The molecule has 1 aliphatic rings. The average molecular weight is 379 g/mol. The molecule has 3 rings (SSSR count). The van der Waals surface area contributed by atoms with Gasteiger partial charge in [0.05, 0.1) is 17.1 Å². The van der Waals surface area contributed by atoms with Gasteiger partial charge >= 0.3 is 6.18 Å². The molecule has 7 nitrogen and oxygen atoms in total. The molecule has 0 radical (unpaired) electrons. The van der Waals surface area contributed by atoms with Crippen molar-refractivity contribution in [3.8, 4) is 0 Å². The van der Waals surface area contributed by atoms with E-state index < -0.39 is 40.4 Å². The highest BCUT2D eigenvalue weighted by Gasteiger charge is 2.63. The summed E-state index contributed by atoms with van der Waals surface area (Å²) in [6.07, 6.45) is -6.22. The molecule has 0 fully saturated rings. The quantitative estimate of drug-likeness (QED) is 0.655. The van der Waals surface area contributed by atoms with Gasteiger partial charge in [-0.2, -0.15) is 23.3 Å². The highest BCUT2D eigenvalue weighted by Crippen LogP contribution is 2.42. The lowest BCUT2D eigenvalue weighted by atomic mass is 10.0. The zero-order valence-electron chi connectivity index (χ0n) is 13.6. The Hall–Kier alpha value is -3.27. The lowest BCUT2D eigenvalue weighted by molar-refractivity contribution is -0.385. The minimum Gasteiger partial charge on any atom is -0.362 e. The van der Waals surface area contributed by atoms with Crippen molar-refractivity contribution in [2.45, 2.75) is 18.3 Å². The SMILES string of the molecule is O=C(c1ccccc1[N+](=O)[O-])N1N=C(c2ccccc2)C[C@@]1(O)C(F)(F)F. The monoisotopic (exact) mass is 379 g/mol. The Bertz CT molecular complexity index is 931. The van der Waals surface area contributed by atoms with Crippen molar-refractivity contribution in [2.24, 2.45) is 5.10 Å². The van der Waals surface area contributed by atoms with Gasteiger partial charge in [0.25, 0.3) is 17.3 Å². The van der Waals surface area contributed by atoms with Gasteiger partial charge in [0, 0.05) is 6.07 Å². The van der Waals surface area contributed by atoms with Crippen LogP contribution in [-0.2, 0) is 0 Å². The predicted octanol–water partition coefficient (Wildman–Crippen LogP) is 3.10. The normalized spacial score (nSPS) is 19.7. The van der Waals surface area contributed by atoms with E-state index in [-0.39, 0.29) is 16.3 Å². The van der Waals surface area contributed by atoms with Gasteiger partial charge in [0.2, 0.25) is 0 Å². The second kappa shape index (κ2) is 6.47. The van der Waals surface area contributed by atoms with Crippen LogP contribution in [-0.4, -0.2) is 38.6 Å². The number of hydrazone groups is 1. The van der Waals surface area contributed by atoms with Gasteiger partial charge in [-0.05, 0) is 11.6 Å². The molecular weight excluding hydrogens is 367 g/mol. The van der Waals surface area contributed by atoms with Crippen molar-refractivity contribution < 1.29 is 28.0 Å². The van der Waals surface area contributed by atoms with Crippen LogP contribution < -0.4 is 0 Å². The molecule has 1 aliphatic heterocycles. The summed E-state index contributed by atoms with van der Waals surface area (Å²) in [6.45, 7) is 0. The fourth-order valence-corrected chi connectivity index (χ4v) is 2.70. The summed E-state index contributed by atoms with van der Waals surface area (Å²) in [5.74, 6) is -1.42. The molecule has 0 unspecified atom stereocenters. The molecule has 2 aromatic rings. The Morgan fingerprint density at radius 3 is 2.33 bits per heavy atom. The maximum absolute atomic E-state index is 13.6. The van der Waals surface area contributed by atoms with Gasteiger partial charge < -0.3 is 5.11 Å². The van der Waals surface area contributed by atoms with E-state index in [9.17, 15) is 33.2 Å². The molecule has 1 heterocycles. The van der Waals surface area contributed by atoms with E-state index in [4.69, 9.17) is 0 Å². The summed E-state index contributed by atoms with van der Waals surface area (Å²) in [5, 5.41) is 24.9. The van der Waals surface area contributed by atoms with Crippen molar-refractivity contribution in [3.05, 3.63) is 75.8 Å². The number of halogens is 3. The van der Waals surface area contributed by atoms with Crippen molar-refractivity contribution in [1.29, 1.82) is 0 Å². The predicted molar refractivity (Wildman–Crippen MR) is 87.9 cm³/mol. The number of nitrogens with zero attached hydrogens (tertiary/aromatic N) is 3. The first-order chi connectivity index (χ1) is 12.6. The van der Waals surface area contributed by atoms with Crippen LogP contribution in [0, 0.1) is 10.1 Å². The van der Waals surface area contributed by atoms with Gasteiger partial charge in [-0.3, -0.25) is 14.9 Å². The minimum absolute atomic E-state index is 0.127. The van der Waals surface area contributed by atoms with Crippen molar-refractivity contribution in [2.75, 3.05) is 0 Å². The van der Waals surface area contributed by atoms with Crippen molar-refractivity contribution in [1.82, 2.24) is 5.01 Å². The van der Waals surface area contributed by atoms with E-state index in [1.54, 1.807) is 18.2 Å². The topological polar surface area (TPSA) is 96.0 Å². The number of aliphatic hydroxyl groups is 1. The average Bonchev–Trinajstić information content (AvgIpc) is 3.01. The van der Waals surface area contributed by atoms with E-state index in [2.05, 4.69) is 5.10 Å². The minimum atomic E-state index is -5.23. The zero-order valence-corrected chi connectivity index (χ0v) is 13.6. The summed E-state index contributed by atoms with van der Waals surface area (Å²) in [5.41, 5.74) is -4.78. The summed E-state index contributed by atoms with van der Waals surface area (Å²) < 4.78 is 40.7. The zero-order chi connectivity index (χ0) is 19.8. The van der Waals surface area contributed by atoms with Gasteiger partial charge in [0.15, 0.2) is 0 Å². The molecule has 1 atom stereocenters. The lowest BCUT2D eigenvalue weighted by Crippen LogP contribution is -2.56. The Kier molecular flexibility index (Phi) is 4.44. The van der Waals surface area contributed by atoms with Crippen LogP contribution in [0.15, 0.2) is 59.7 Å². The summed E-state index contributed by atoms with van der Waals surface area (Å²) >= 11 is 0. The van der Waals surface area contributed by atoms with Crippen LogP contribution in [0.5, 0.6) is 0 Å². The van der Waals surface area contributed by atoms with Crippen LogP contribution in [0.25, 0.3) is 0 Å². The number of nitro benzene ring substituents is 1. The number of hydrogen-bond acceptors (Lipinski definition) is 5. The van der Waals surface area contributed by atoms with E-state index >= 15 is 0 Å². The Balaban J connectivity index is 2.11. The highest BCUT2D eigenvalue weighted by molar-refractivity contribution is 6.06. The number of alkyl halides is 3. The maximum atomic E-state index is 13.6. The molecule has 0 spiro atoms. The molecule has 1 amide bonds. The smallest absolute Gasteiger partial charge is 0.362 e. The van der Waals surface area contributed by atoms with E-state index in [0.29, 0.717) is 0 Å². The van der Waals surface area contributed by atoms with Crippen molar-refractivity contribution >= 4 is 17.3 Å². The Morgan fingerprint density at radius 2 is 1.74 bits per heavy atom. The molecule has 10 heteroatoms. The van der Waals surface area contributed by atoms with Crippen LogP contribution in [0.1, 0.15) is 22.3 Å². The van der Waals surface area contributed by atoms with Gasteiger partial charge in [-0.25, -0.2) is 0 Å². The standard InChI is InChI=1S/C17H12F3N3O4/c18-17(19,20)16(25)10-13(11-6-2-1-3-7-11)21-22(16)15(24)12-8-4-5-9-14(12)23(26)27/h1-9,25H,10H2/t16-/m1/s1. The summed E-state index contributed by atoms with van der Waals surface area (Å²) in [4.78, 5) is 22.9. The molecular formula is C17H12F3N3O4. The maximum Gasteiger partial charge on any atom is 0.438 e. The molecule has 0 saturated carbocycles. The lowest BCUT2D eigenvalue weighted by Gasteiger charge is -2.32. The first kappa shape index (κ1) is 18.5. The number of hydrogen-bond donors (Lipinski definition) is 1. The molecule has 0 saturated heterocycles. The summed E-state index contributed by atoms with van der Waals surface area (Å²) in [6, 6.07) is 12.3. The molecule has 140 valence electrons. The number of carbonyl (C=O) groups excluding carboxylic acids is 1. The van der Waals surface area contributed by atoms with Gasteiger partial charge in [-0.1, -0.05) is 42.5 Å². The highest BCUT2D eigenvalue weighted by atomic mass is 19.4. The van der Waals surface area contributed by atoms with Crippen LogP contribution in [0.2, 0.25) is 0 Å². The third kappa shape index (κ3) is 3.14. The summed E-state index contributed by atoms with van der Waals surface area (Å²) in [7, 11) is 0. The van der Waals surface area contributed by atoms with Gasteiger partial charge in [0.1, 0.15) is 5.56 Å². The van der Waals surface area contributed by atoms with Crippen LogP contribution in [0.3, 0.4) is 0 Å². The van der Waals surface area contributed by atoms with Gasteiger partial charge in [-0.15, -0.1) is 0 Å². The molecule has 1 N–H and O–H groups in total. The first-order valence-electron chi connectivity index (χ1n) is 7.65. The van der Waals surface area contributed by atoms with E-state index in [1.165, 1.54) is 24.3 Å². The Morgan fingerprint density at radius 1 is 1.15 bits per heavy atom. The van der Waals surface area contributed by atoms with E-state index in [1.807, 2.05) is 0 Å². The van der Waals surface area contributed by atoms with E-state index in [0.717, 1.165) is 12.1 Å². The Labute approximate surface area is 150 Å². The molecule has 0 bridgehead atoms. The number of carbonyl (C=O) groups is 1.